The van der Waals surface area contributed by atoms with Gasteiger partial charge in [0.25, 0.3) is 5.91 Å². The molecule has 0 unspecified atom stereocenters. The van der Waals surface area contributed by atoms with Crippen molar-refractivity contribution >= 4 is 23.5 Å². The smallest absolute Gasteiger partial charge is 0.257 e. The van der Waals surface area contributed by atoms with Crippen LogP contribution in [0.4, 0.5) is 5.82 Å². The third kappa shape index (κ3) is 3.98. The van der Waals surface area contributed by atoms with Crippen LogP contribution in [-0.4, -0.2) is 16.0 Å². The number of pyridine rings is 1. The summed E-state index contributed by atoms with van der Waals surface area (Å²) in [6.45, 7) is 1.88. The molecule has 0 radical (unpaired) electrons. The fourth-order valence-corrected chi connectivity index (χ4v) is 2.96. The summed E-state index contributed by atoms with van der Waals surface area (Å²) in [6.07, 6.45) is 1.64. The first kappa shape index (κ1) is 15.3. The number of thioether (sulfide) groups is 1. The van der Waals surface area contributed by atoms with Crippen molar-refractivity contribution in [1.82, 2.24) is 10.1 Å². The molecule has 0 atom stereocenters. The summed E-state index contributed by atoms with van der Waals surface area (Å²) >= 11 is 1.54. The number of hydrogen-bond acceptors (Lipinski definition) is 5. The van der Waals surface area contributed by atoms with Crippen LogP contribution < -0.4 is 5.32 Å². The molecular formula is C17H15N3O2S. The molecule has 0 aliphatic heterocycles. The highest BCUT2D eigenvalue weighted by Gasteiger charge is 2.13. The fourth-order valence-electron chi connectivity index (χ4n) is 2.03. The van der Waals surface area contributed by atoms with Gasteiger partial charge in [-0.1, -0.05) is 23.4 Å². The van der Waals surface area contributed by atoms with Crippen LogP contribution in [0.3, 0.4) is 0 Å². The average Bonchev–Trinajstić information content (AvgIpc) is 2.99. The van der Waals surface area contributed by atoms with E-state index in [1.54, 1.807) is 24.4 Å². The number of rotatable bonds is 5. The Bertz CT molecular complexity index is 802. The van der Waals surface area contributed by atoms with E-state index in [1.165, 1.54) is 11.8 Å². The molecule has 3 aromatic rings. The SMILES string of the molecule is Cc1cc(CSc2ccccc2C(=O)Nc2ccccn2)on1. The van der Waals surface area contributed by atoms with Crippen molar-refractivity contribution in [2.24, 2.45) is 0 Å². The van der Waals surface area contributed by atoms with Gasteiger partial charge in [0.05, 0.1) is 17.0 Å². The maximum Gasteiger partial charge on any atom is 0.257 e. The van der Waals surface area contributed by atoms with Crippen molar-refractivity contribution in [2.45, 2.75) is 17.6 Å². The molecule has 1 aromatic carbocycles. The van der Waals surface area contributed by atoms with Crippen LogP contribution in [0.1, 0.15) is 21.8 Å². The van der Waals surface area contributed by atoms with Gasteiger partial charge in [-0.15, -0.1) is 11.8 Å². The van der Waals surface area contributed by atoms with Crippen molar-refractivity contribution in [3.63, 3.8) is 0 Å². The van der Waals surface area contributed by atoms with Gasteiger partial charge in [-0.05, 0) is 31.2 Å². The third-order valence-electron chi connectivity index (χ3n) is 3.08. The number of amides is 1. The van der Waals surface area contributed by atoms with Gasteiger partial charge in [-0.2, -0.15) is 0 Å². The lowest BCUT2D eigenvalue weighted by atomic mass is 10.2. The number of aryl methyl sites for hydroxylation is 1. The van der Waals surface area contributed by atoms with Crippen molar-refractivity contribution in [2.75, 3.05) is 5.32 Å². The highest BCUT2D eigenvalue weighted by Crippen LogP contribution is 2.27. The van der Waals surface area contributed by atoms with Crippen molar-refractivity contribution in [1.29, 1.82) is 0 Å². The second kappa shape index (κ2) is 7.11. The number of anilines is 1. The van der Waals surface area contributed by atoms with Gasteiger partial charge in [-0.25, -0.2) is 4.98 Å². The molecule has 0 spiro atoms. The molecule has 116 valence electrons. The summed E-state index contributed by atoms with van der Waals surface area (Å²) < 4.78 is 5.20. The highest BCUT2D eigenvalue weighted by molar-refractivity contribution is 7.98. The third-order valence-corrected chi connectivity index (χ3v) is 4.18. The number of nitrogens with one attached hydrogen (secondary N) is 1. The summed E-state index contributed by atoms with van der Waals surface area (Å²) in [6, 6.07) is 14.7. The topological polar surface area (TPSA) is 68.0 Å². The number of benzene rings is 1. The molecule has 1 N–H and O–H groups in total. The molecule has 6 heteroatoms. The summed E-state index contributed by atoms with van der Waals surface area (Å²) in [5, 5.41) is 6.67. The molecule has 0 saturated heterocycles. The van der Waals surface area contributed by atoms with E-state index in [0.29, 0.717) is 17.1 Å². The summed E-state index contributed by atoms with van der Waals surface area (Å²) in [4.78, 5) is 17.4. The molecule has 0 aliphatic rings. The normalized spacial score (nSPS) is 10.5. The molecule has 23 heavy (non-hydrogen) atoms. The quantitative estimate of drug-likeness (QED) is 0.720. The van der Waals surface area contributed by atoms with E-state index in [4.69, 9.17) is 4.52 Å². The minimum atomic E-state index is -0.180. The molecule has 1 amide bonds. The molecule has 3 rings (SSSR count). The predicted octanol–water partition coefficient (Wildman–Crippen LogP) is 3.92. The maximum absolute atomic E-state index is 12.5. The first-order valence-electron chi connectivity index (χ1n) is 7.09. The van der Waals surface area contributed by atoms with Crippen LogP contribution in [-0.2, 0) is 5.75 Å². The first-order chi connectivity index (χ1) is 11.2. The average molecular weight is 325 g/mol. The van der Waals surface area contributed by atoms with Crippen LogP contribution in [0.5, 0.6) is 0 Å². The van der Waals surface area contributed by atoms with Crippen LogP contribution in [0, 0.1) is 6.92 Å². The highest BCUT2D eigenvalue weighted by atomic mass is 32.2. The van der Waals surface area contributed by atoms with Gasteiger partial charge in [0, 0.05) is 17.2 Å². The molecule has 0 bridgehead atoms. The Hall–Kier alpha value is -2.60. The van der Waals surface area contributed by atoms with Crippen molar-refractivity contribution < 1.29 is 9.32 Å². The number of hydrogen-bond donors (Lipinski definition) is 1. The lowest BCUT2D eigenvalue weighted by molar-refractivity contribution is 0.102. The molecule has 2 heterocycles. The lowest BCUT2D eigenvalue weighted by Crippen LogP contribution is -2.13. The Morgan fingerprint density at radius 1 is 1.22 bits per heavy atom. The van der Waals surface area contributed by atoms with E-state index in [1.807, 2.05) is 37.3 Å². The Morgan fingerprint density at radius 3 is 2.78 bits per heavy atom. The predicted molar refractivity (Wildman–Crippen MR) is 89.4 cm³/mol. The Kier molecular flexibility index (Phi) is 4.73. The Morgan fingerprint density at radius 2 is 2.04 bits per heavy atom. The van der Waals surface area contributed by atoms with Gasteiger partial charge >= 0.3 is 0 Å². The van der Waals surface area contributed by atoms with Crippen LogP contribution >= 0.6 is 11.8 Å². The molecule has 0 fully saturated rings. The van der Waals surface area contributed by atoms with E-state index >= 15 is 0 Å². The van der Waals surface area contributed by atoms with Crippen LogP contribution in [0.15, 0.2) is 64.1 Å². The molecule has 2 aromatic heterocycles. The van der Waals surface area contributed by atoms with E-state index < -0.39 is 0 Å². The zero-order valence-electron chi connectivity index (χ0n) is 12.5. The maximum atomic E-state index is 12.5. The number of carbonyl (C=O) groups is 1. The van der Waals surface area contributed by atoms with Crippen LogP contribution in [0.2, 0.25) is 0 Å². The Balaban J connectivity index is 1.73. The number of aromatic nitrogens is 2. The van der Waals surface area contributed by atoms with E-state index in [-0.39, 0.29) is 5.91 Å². The fraction of sp³-hybridized carbons (Fsp3) is 0.118. The standard InChI is InChI=1S/C17H15N3O2S/c1-12-10-13(22-20-12)11-23-15-7-3-2-6-14(15)17(21)19-16-8-4-5-9-18-16/h2-10H,11H2,1H3,(H,18,19,21). The lowest BCUT2D eigenvalue weighted by Gasteiger charge is -2.08. The van der Waals surface area contributed by atoms with Gasteiger partial charge in [-0.3, -0.25) is 4.79 Å². The van der Waals surface area contributed by atoms with E-state index in [2.05, 4.69) is 15.5 Å². The van der Waals surface area contributed by atoms with Gasteiger partial charge < -0.3 is 9.84 Å². The van der Waals surface area contributed by atoms with Crippen LogP contribution in [0.25, 0.3) is 0 Å². The minimum Gasteiger partial charge on any atom is -0.360 e. The second-order valence-corrected chi connectivity index (χ2v) is 5.91. The molecular weight excluding hydrogens is 310 g/mol. The van der Waals surface area contributed by atoms with E-state index in [9.17, 15) is 4.79 Å². The molecule has 0 aliphatic carbocycles. The number of nitrogens with zero attached hydrogens (tertiary/aromatic N) is 2. The second-order valence-electron chi connectivity index (χ2n) is 4.89. The van der Waals surface area contributed by atoms with Crippen molar-refractivity contribution in [3.8, 4) is 0 Å². The van der Waals surface area contributed by atoms with E-state index in [0.717, 1.165) is 16.3 Å². The zero-order chi connectivity index (χ0) is 16.1. The largest absolute Gasteiger partial charge is 0.360 e. The summed E-state index contributed by atoms with van der Waals surface area (Å²) in [7, 11) is 0. The first-order valence-corrected chi connectivity index (χ1v) is 8.07. The summed E-state index contributed by atoms with van der Waals surface area (Å²) in [5.74, 6) is 1.76. The minimum absolute atomic E-state index is 0.180. The Labute approximate surface area is 138 Å². The monoisotopic (exact) mass is 325 g/mol. The summed E-state index contributed by atoms with van der Waals surface area (Å²) in [5.41, 5.74) is 1.46. The molecule has 5 nitrogen and oxygen atoms in total. The van der Waals surface area contributed by atoms with Gasteiger partial charge in [0.1, 0.15) is 11.6 Å². The van der Waals surface area contributed by atoms with Crippen molar-refractivity contribution in [3.05, 3.63) is 71.7 Å². The van der Waals surface area contributed by atoms with Gasteiger partial charge in [0.2, 0.25) is 0 Å². The molecule has 0 saturated carbocycles. The number of carbonyl (C=O) groups excluding carboxylic acids is 1. The zero-order valence-corrected chi connectivity index (χ0v) is 13.3. The van der Waals surface area contributed by atoms with Gasteiger partial charge in [0.15, 0.2) is 0 Å².